The lowest BCUT2D eigenvalue weighted by atomic mass is 9.92. The Hall–Kier alpha value is -3.66. The summed E-state index contributed by atoms with van der Waals surface area (Å²) in [7, 11) is 0. The molecule has 0 aliphatic carbocycles. The van der Waals surface area contributed by atoms with Gasteiger partial charge in [0.05, 0.1) is 11.4 Å². The second-order valence-corrected chi connectivity index (χ2v) is 9.26. The molecule has 0 spiro atoms. The van der Waals surface area contributed by atoms with Crippen molar-refractivity contribution in [3.8, 4) is 16.8 Å². The van der Waals surface area contributed by atoms with Crippen LogP contribution in [0.1, 0.15) is 48.0 Å². The predicted octanol–water partition coefficient (Wildman–Crippen LogP) is 6.71. The van der Waals surface area contributed by atoms with Crippen LogP contribution in [0.2, 0.25) is 0 Å². The molecule has 1 aromatic heterocycles. The van der Waals surface area contributed by atoms with E-state index in [9.17, 15) is 4.79 Å². The Bertz CT molecular complexity index is 1250. The zero-order valence-corrected chi connectivity index (χ0v) is 19.3. The van der Waals surface area contributed by atoms with Crippen LogP contribution in [0.5, 0.6) is 0 Å². The molecule has 3 aromatic carbocycles. The fraction of sp³-hybridized carbons (Fsp3) is 0.214. The molecule has 162 valence electrons. The first-order chi connectivity index (χ1) is 15.2. The van der Waals surface area contributed by atoms with Crippen LogP contribution in [0, 0.1) is 13.8 Å². The normalized spacial score (nSPS) is 11.4. The molecule has 4 rings (SSSR count). The smallest absolute Gasteiger partial charge is 0.256 e. The number of hydrogen-bond acceptors (Lipinski definition) is 2. The average molecular weight is 424 g/mol. The highest BCUT2D eigenvalue weighted by atomic mass is 16.1. The van der Waals surface area contributed by atoms with Crippen molar-refractivity contribution in [2.24, 2.45) is 0 Å². The van der Waals surface area contributed by atoms with E-state index in [-0.39, 0.29) is 11.3 Å². The van der Waals surface area contributed by atoms with E-state index < -0.39 is 0 Å². The number of carbonyl (C=O) groups excluding carboxylic acids is 1. The third kappa shape index (κ3) is 4.50. The van der Waals surface area contributed by atoms with E-state index in [4.69, 9.17) is 5.10 Å². The Morgan fingerprint density at radius 1 is 0.844 bits per heavy atom. The molecule has 32 heavy (non-hydrogen) atoms. The Morgan fingerprint density at radius 3 is 2.12 bits per heavy atom. The Labute approximate surface area is 189 Å². The van der Waals surface area contributed by atoms with Crippen LogP contribution >= 0.6 is 0 Å². The number of hydrogen-bond donors (Lipinski definition) is 1. The molecule has 0 saturated carbocycles. The molecular weight excluding hydrogens is 394 g/mol. The molecule has 1 amide bonds. The third-order valence-corrected chi connectivity index (χ3v) is 5.55. The highest BCUT2D eigenvalue weighted by Crippen LogP contribution is 2.28. The highest BCUT2D eigenvalue weighted by molar-refractivity contribution is 6.04. The van der Waals surface area contributed by atoms with Gasteiger partial charge in [0.25, 0.3) is 5.91 Å². The van der Waals surface area contributed by atoms with E-state index in [1.54, 1.807) is 0 Å². The second-order valence-electron chi connectivity index (χ2n) is 9.26. The minimum Gasteiger partial charge on any atom is -0.306 e. The summed E-state index contributed by atoms with van der Waals surface area (Å²) in [6.45, 7) is 10.5. The van der Waals surface area contributed by atoms with Gasteiger partial charge in [-0.3, -0.25) is 4.79 Å². The molecular formula is C28H29N3O. The molecule has 0 radical (unpaired) electrons. The van der Waals surface area contributed by atoms with Crippen molar-refractivity contribution in [1.29, 1.82) is 0 Å². The van der Waals surface area contributed by atoms with Gasteiger partial charge in [0, 0.05) is 17.0 Å². The molecule has 1 N–H and O–H groups in total. The van der Waals surface area contributed by atoms with Crippen LogP contribution in [0.15, 0.2) is 78.9 Å². The summed E-state index contributed by atoms with van der Waals surface area (Å²) in [6, 6.07) is 26.0. The summed E-state index contributed by atoms with van der Waals surface area (Å²) in [5, 5.41) is 7.93. The Kier molecular flexibility index (Phi) is 5.70. The van der Waals surface area contributed by atoms with Gasteiger partial charge in [-0.25, -0.2) is 4.68 Å². The monoisotopic (exact) mass is 423 g/mol. The zero-order chi connectivity index (χ0) is 22.9. The maximum Gasteiger partial charge on any atom is 0.256 e. The largest absolute Gasteiger partial charge is 0.306 e. The van der Waals surface area contributed by atoms with Crippen LogP contribution < -0.4 is 5.32 Å². The number of carbonyl (C=O) groups is 1. The van der Waals surface area contributed by atoms with Crippen LogP contribution in [-0.2, 0) is 5.41 Å². The molecule has 0 aliphatic heterocycles. The summed E-state index contributed by atoms with van der Waals surface area (Å²) in [5.41, 5.74) is 6.86. The zero-order valence-electron chi connectivity index (χ0n) is 19.3. The topological polar surface area (TPSA) is 46.9 Å². The van der Waals surface area contributed by atoms with Crippen molar-refractivity contribution in [1.82, 2.24) is 9.78 Å². The van der Waals surface area contributed by atoms with Crippen molar-refractivity contribution in [2.45, 2.75) is 40.0 Å². The average Bonchev–Trinajstić information content (AvgIpc) is 3.18. The Morgan fingerprint density at radius 2 is 1.50 bits per heavy atom. The lowest BCUT2D eigenvalue weighted by Gasteiger charge is -2.14. The van der Waals surface area contributed by atoms with E-state index in [1.165, 1.54) is 5.56 Å². The van der Waals surface area contributed by atoms with Gasteiger partial charge in [-0.05, 0) is 48.7 Å². The van der Waals surface area contributed by atoms with Crippen LogP contribution in [-0.4, -0.2) is 15.7 Å². The molecule has 0 saturated heterocycles. The summed E-state index contributed by atoms with van der Waals surface area (Å²) in [5.74, 6) is 0.509. The molecule has 4 aromatic rings. The Balaban J connectivity index is 1.66. The van der Waals surface area contributed by atoms with Gasteiger partial charge in [-0.1, -0.05) is 80.9 Å². The summed E-state index contributed by atoms with van der Waals surface area (Å²) < 4.78 is 1.84. The van der Waals surface area contributed by atoms with Crippen molar-refractivity contribution >= 4 is 11.7 Å². The van der Waals surface area contributed by atoms with Gasteiger partial charge in [0.15, 0.2) is 0 Å². The molecule has 4 nitrogen and oxygen atoms in total. The van der Waals surface area contributed by atoms with Crippen molar-refractivity contribution in [3.05, 3.63) is 101 Å². The lowest BCUT2D eigenvalue weighted by molar-refractivity contribution is 0.102. The number of nitrogens with zero attached hydrogens (tertiary/aromatic N) is 2. The fourth-order valence-corrected chi connectivity index (χ4v) is 3.70. The van der Waals surface area contributed by atoms with Gasteiger partial charge < -0.3 is 5.32 Å². The first-order valence-electron chi connectivity index (χ1n) is 10.9. The molecule has 1 heterocycles. The first kappa shape index (κ1) is 21.6. The fourth-order valence-electron chi connectivity index (χ4n) is 3.70. The third-order valence-electron chi connectivity index (χ3n) is 5.55. The molecule has 0 unspecified atom stereocenters. The standard InChI is InChI=1S/C28H29N3O/c1-19-11-16-24(20(2)17-19)31-26(18-25(30-31)28(3,4)5)29-27(32)23-14-12-22(13-15-23)21-9-7-6-8-10-21/h6-18H,1-5H3,(H,29,32). The maximum atomic E-state index is 13.1. The van der Waals surface area contributed by atoms with Crippen LogP contribution in [0.25, 0.3) is 16.8 Å². The summed E-state index contributed by atoms with van der Waals surface area (Å²) in [4.78, 5) is 13.1. The minimum atomic E-state index is -0.156. The van der Waals surface area contributed by atoms with E-state index >= 15 is 0 Å². The number of aryl methyl sites for hydroxylation is 2. The van der Waals surface area contributed by atoms with Crippen molar-refractivity contribution in [3.63, 3.8) is 0 Å². The summed E-state index contributed by atoms with van der Waals surface area (Å²) in [6.07, 6.45) is 0. The number of amides is 1. The van der Waals surface area contributed by atoms with E-state index in [2.05, 4.69) is 70.3 Å². The van der Waals surface area contributed by atoms with E-state index in [1.807, 2.05) is 53.2 Å². The molecule has 4 heteroatoms. The van der Waals surface area contributed by atoms with Crippen LogP contribution in [0.4, 0.5) is 5.82 Å². The maximum absolute atomic E-state index is 13.1. The van der Waals surface area contributed by atoms with Gasteiger partial charge >= 0.3 is 0 Å². The molecule has 0 atom stereocenters. The van der Waals surface area contributed by atoms with Gasteiger partial charge in [-0.15, -0.1) is 0 Å². The van der Waals surface area contributed by atoms with Crippen LogP contribution in [0.3, 0.4) is 0 Å². The van der Waals surface area contributed by atoms with E-state index in [0.717, 1.165) is 28.1 Å². The SMILES string of the molecule is Cc1ccc(-n2nc(C(C)(C)C)cc2NC(=O)c2ccc(-c3ccccc3)cc2)c(C)c1. The van der Waals surface area contributed by atoms with Gasteiger partial charge in [0.2, 0.25) is 0 Å². The van der Waals surface area contributed by atoms with Crippen molar-refractivity contribution < 1.29 is 4.79 Å². The highest BCUT2D eigenvalue weighted by Gasteiger charge is 2.22. The summed E-state index contributed by atoms with van der Waals surface area (Å²) >= 11 is 0. The van der Waals surface area contributed by atoms with Gasteiger partial charge in [0.1, 0.15) is 5.82 Å². The molecule has 0 bridgehead atoms. The number of aromatic nitrogens is 2. The quantitative estimate of drug-likeness (QED) is 0.397. The molecule has 0 fully saturated rings. The van der Waals surface area contributed by atoms with E-state index in [0.29, 0.717) is 11.4 Å². The molecule has 0 aliphatic rings. The number of rotatable bonds is 4. The van der Waals surface area contributed by atoms with Gasteiger partial charge in [-0.2, -0.15) is 5.10 Å². The predicted molar refractivity (Wildman–Crippen MR) is 132 cm³/mol. The minimum absolute atomic E-state index is 0.138. The number of nitrogens with one attached hydrogen (secondary N) is 1. The first-order valence-corrected chi connectivity index (χ1v) is 10.9. The second kappa shape index (κ2) is 8.46. The number of benzene rings is 3. The van der Waals surface area contributed by atoms with Crippen molar-refractivity contribution in [2.75, 3.05) is 5.32 Å². The number of anilines is 1. The lowest BCUT2D eigenvalue weighted by Crippen LogP contribution is -2.15.